The van der Waals surface area contributed by atoms with Crippen LogP contribution in [0.1, 0.15) is 25.6 Å². The first-order valence-corrected chi connectivity index (χ1v) is 5.19. The van der Waals surface area contributed by atoms with Crippen molar-refractivity contribution in [2.75, 3.05) is 13.1 Å². The smallest absolute Gasteiger partial charge is 0.314 e. The van der Waals surface area contributed by atoms with E-state index in [4.69, 9.17) is 0 Å². The molecule has 0 bridgehead atoms. The lowest BCUT2D eigenvalue weighted by Gasteiger charge is -2.05. The molecule has 0 saturated carbocycles. The molecule has 6 nitrogen and oxygen atoms in total. The lowest BCUT2D eigenvalue weighted by Crippen LogP contribution is -2.36. The molecule has 3 N–H and O–H groups in total. The maximum absolute atomic E-state index is 11.1. The second-order valence-corrected chi connectivity index (χ2v) is 3.22. The Morgan fingerprint density at radius 3 is 2.93 bits per heavy atom. The molecule has 0 atom stereocenters. The van der Waals surface area contributed by atoms with Gasteiger partial charge in [-0.1, -0.05) is 6.92 Å². The van der Waals surface area contributed by atoms with E-state index >= 15 is 0 Å². The summed E-state index contributed by atoms with van der Waals surface area (Å²) in [4.78, 5) is 15.1. The van der Waals surface area contributed by atoms with E-state index in [1.165, 1.54) is 6.33 Å². The number of aromatic nitrogens is 3. The van der Waals surface area contributed by atoms with Crippen molar-refractivity contribution >= 4 is 6.03 Å². The maximum atomic E-state index is 11.1. The Kier molecular flexibility index (Phi) is 5.21. The monoisotopic (exact) mass is 211 g/mol. The van der Waals surface area contributed by atoms with Crippen LogP contribution >= 0.6 is 0 Å². The molecule has 0 spiro atoms. The number of amides is 2. The van der Waals surface area contributed by atoms with Gasteiger partial charge in [-0.15, -0.1) is 0 Å². The number of carbonyl (C=O) groups excluding carboxylic acids is 1. The van der Waals surface area contributed by atoms with E-state index in [0.717, 1.165) is 25.1 Å². The van der Waals surface area contributed by atoms with Crippen molar-refractivity contribution in [1.29, 1.82) is 0 Å². The molecule has 1 rings (SSSR count). The maximum Gasteiger partial charge on any atom is 0.314 e. The van der Waals surface area contributed by atoms with Crippen LogP contribution < -0.4 is 10.6 Å². The first-order chi connectivity index (χ1) is 7.33. The molecular formula is C9H17N5O. The lowest BCUT2D eigenvalue weighted by molar-refractivity contribution is 0.241. The van der Waals surface area contributed by atoms with Crippen LogP contribution in [0.3, 0.4) is 0 Å². The van der Waals surface area contributed by atoms with Gasteiger partial charge in [0.25, 0.3) is 0 Å². The van der Waals surface area contributed by atoms with Crippen molar-refractivity contribution < 1.29 is 4.79 Å². The molecule has 84 valence electrons. The van der Waals surface area contributed by atoms with Crippen LogP contribution in [0.4, 0.5) is 4.79 Å². The van der Waals surface area contributed by atoms with Gasteiger partial charge >= 0.3 is 6.03 Å². The molecule has 1 heterocycles. The van der Waals surface area contributed by atoms with Gasteiger partial charge in [0.15, 0.2) is 0 Å². The molecule has 0 unspecified atom stereocenters. The topological polar surface area (TPSA) is 82.7 Å². The zero-order valence-corrected chi connectivity index (χ0v) is 8.92. The van der Waals surface area contributed by atoms with E-state index in [1.54, 1.807) is 0 Å². The summed E-state index contributed by atoms with van der Waals surface area (Å²) in [6, 6.07) is -0.102. The van der Waals surface area contributed by atoms with Crippen LogP contribution in [-0.4, -0.2) is 34.3 Å². The SMILES string of the molecule is CCCNC(=O)NCCCc1ncn[nH]1. The van der Waals surface area contributed by atoms with Crippen molar-refractivity contribution in [3.05, 3.63) is 12.2 Å². The molecule has 0 fully saturated rings. The highest BCUT2D eigenvalue weighted by atomic mass is 16.2. The predicted octanol–water partition coefficient (Wildman–Crippen LogP) is 0.446. The zero-order valence-electron chi connectivity index (χ0n) is 8.92. The summed E-state index contributed by atoms with van der Waals surface area (Å²) >= 11 is 0. The van der Waals surface area contributed by atoms with Crippen LogP contribution in [-0.2, 0) is 6.42 Å². The first kappa shape index (κ1) is 11.5. The number of H-pyrrole nitrogens is 1. The third-order valence-corrected chi connectivity index (χ3v) is 1.88. The molecular weight excluding hydrogens is 194 g/mol. The summed E-state index contributed by atoms with van der Waals surface area (Å²) < 4.78 is 0. The third-order valence-electron chi connectivity index (χ3n) is 1.88. The van der Waals surface area contributed by atoms with Crippen molar-refractivity contribution in [2.24, 2.45) is 0 Å². The number of carbonyl (C=O) groups is 1. The normalized spacial score (nSPS) is 9.93. The van der Waals surface area contributed by atoms with Crippen LogP contribution in [0.25, 0.3) is 0 Å². The molecule has 1 aromatic rings. The molecule has 0 radical (unpaired) electrons. The molecule has 6 heteroatoms. The van der Waals surface area contributed by atoms with Gasteiger partial charge in [-0.25, -0.2) is 9.78 Å². The minimum absolute atomic E-state index is 0.102. The van der Waals surface area contributed by atoms with Gasteiger partial charge in [0.05, 0.1) is 0 Å². The number of aromatic amines is 1. The fraction of sp³-hybridized carbons (Fsp3) is 0.667. The van der Waals surface area contributed by atoms with Gasteiger partial charge in [0.2, 0.25) is 0 Å². The van der Waals surface area contributed by atoms with Gasteiger partial charge in [0.1, 0.15) is 12.2 Å². The Labute approximate surface area is 88.9 Å². The van der Waals surface area contributed by atoms with Crippen molar-refractivity contribution in [3.63, 3.8) is 0 Å². The van der Waals surface area contributed by atoms with Gasteiger partial charge < -0.3 is 10.6 Å². The van der Waals surface area contributed by atoms with E-state index in [1.807, 2.05) is 6.92 Å². The number of aryl methyl sites for hydroxylation is 1. The van der Waals surface area contributed by atoms with Crippen LogP contribution in [0, 0.1) is 0 Å². The standard InChI is InChI=1S/C9H17N5O/c1-2-5-10-9(15)11-6-3-4-8-12-7-13-14-8/h7H,2-6H2,1H3,(H2,10,11,15)(H,12,13,14). The predicted molar refractivity (Wildman–Crippen MR) is 56.4 cm³/mol. The number of nitrogens with one attached hydrogen (secondary N) is 3. The largest absolute Gasteiger partial charge is 0.338 e. The van der Waals surface area contributed by atoms with Crippen molar-refractivity contribution in [2.45, 2.75) is 26.2 Å². The average Bonchev–Trinajstić information content (AvgIpc) is 2.74. The van der Waals surface area contributed by atoms with Gasteiger partial charge in [-0.3, -0.25) is 5.10 Å². The number of hydrogen-bond acceptors (Lipinski definition) is 3. The fourth-order valence-electron chi connectivity index (χ4n) is 1.11. The summed E-state index contributed by atoms with van der Waals surface area (Å²) in [7, 11) is 0. The number of nitrogens with zero attached hydrogens (tertiary/aromatic N) is 2. The lowest BCUT2D eigenvalue weighted by atomic mass is 10.3. The minimum atomic E-state index is -0.102. The highest BCUT2D eigenvalue weighted by Crippen LogP contribution is 1.91. The number of rotatable bonds is 6. The molecule has 0 aliphatic carbocycles. The van der Waals surface area contributed by atoms with Crippen molar-refractivity contribution in [1.82, 2.24) is 25.8 Å². The Bertz CT molecular complexity index is 272. The highest BCUT2D eigenvalue weighted by molar-refractivity contribution is 5.73. The second kappa shape index (κ2) is 6.80. The van der Waals surface area contributed by atoms with Gasteiger partial charge in [-0.05, 0) is 12.8 Å². The summed E-state index contributed by atoms with van der Waals surface area (Å²) in [6.07, 6.45) is 4.09. The molecule has 0 aromatic carbocycles. The Morgan fingerprint density at radius 2 is 2.27 bits per heavy atom. The third kappa shape index (κ3) is 4.99. The quantitative estimate of drug-likeness (QED) is 0.597. The average molecular weight is 211 g/mol. The minimum Gasteiger partial charge on any atom is -0.338 e. The van der Waals surface area contributed by atoms with Crippen LogP contribution in [0.5, 0.6) is 0 Å². The number of hydrogen-bond donors (Lipinski definition) is 3. The molecule has 15 heavy (non-hydrogen) atoms. The summed E-state index contributed by atoms with van der Waals surface area (Å²) in [5.74, 6) is 0.853. The summed E-state index contributed by atoms with van der Waals surface area (Å²) in [6.45, 7) is 3.38. The van der Waals surface area contributed by atoms with Crippen LogP contribution in [0.15, 0.2) is 6.33 Å². The molecule has 0 saturated heterocycles. The fourth-order valence-corrected chi connectivity index (χ4v) is 1.11. The summed E-state index contributed by atoms with van der Waals surface area (Å²) in [5.41, 5.74) is 0. The van der Waals surface area contributed by atoms with Gasteiger partial charge in [0, 0.05) is 19.5 Å². The summed E-state index contributed by atoms with van der Waals surface area (Å²) in [5, 5.41) is 12.0. The van der Waals surface area contributed by atoms with E-state index in [2.05, 4.69) is 25.8 Å². The zero-order chi connectivity index (χ0) is 10.9. The van der Waals surface area contributed by atoms with Crippen LogP contribution in [0.2, 0.25) is 0 Å². The van der Waals surface area contributed by atoms with Crippen molar-refractivity contribution in [3.8, 4) is 0 Å². The first-order valence-electron chi connectivity index (χ1n) is 5.19. The van der Waals surface area contributed by atoms with E-state index in [0.29, 0.717) is 13.1 Å². The molecule has 0 aliphatic heterocycles. The van der Waals surface area contributed by atoms with E-state index in [9.17, 15) is 4.79 Å². The Morgan fingerprint density at radius 1 is 1.47 bits per heavy atom. The number of urea groups is 1. The van der Waals surface area contributed by atoms with E-state index in [-0.39, 0.29) is 6.03 Å². The Hall–Kier alpha value is -1.59. The second-order valence-electron chi connectivity index (χ2n) is 3.22. The molecule has 1 aromatic heterocycles. The van der Waals surface area contributed by atoms with E-state index < -0.39 is 0 Å². The molecule has 2 amide bonds. The van der Waals surface area contributed by atoms with Gasteiger partial charge in [-0.2, -0.15) is 5.10 Å². The highest BCUT2D eigenvalue weighted by Gasteiger charge is 1.98. The molecule has 0 aliphatic rings. The Balaban J connectivity index is 1.99.